The lowest BCUT2D eigenvalue weighted by Gasteiger charge is -2.35. The second kappa shape index (κ2) is 5.53. The Morgan fingerprint density at radius 2 is 2.11 bits per heavy atom. The zero-order chi connectivity index (χ0) is 13.1. The van der Waals surface area contributed by atoms with Crippen LogP contribution in [0.1, 0.15) is 12.8 Å². The molecule has 2 N–H and O–H groups in total. The first kappa shape index (κ1) is 13.1. The number of hydrogen-bond donors (Lipinski definition) is 2. The maximum Gasteiger partial charge on any atom is 0.326 e. The standard InChI is InChI=1S/C11H18N2O5/c14-7-8-6-12(4-5-18-8)11(17)13-3-1-2-9(13)10(15)16/h8-9,14H,1-7H2,(H,15,16). The SMILES string of the molecule is O=C(O)C1CCCN1C(=O)N1CCOC(CO)C1. The number of likely N-dealkylation sites (tertiary alicyclic amines) is 1. The second-order valence-electron chi connectivity index (χ2n) is 4.59. The van der Waals surface area contributed by atoms with Crippen LogP contribution in [0.5, 0.6) is 0 Å². The number of carboxylic acids is 1. The molecule has 0 aromatic heterocycles. The van der Waals surface area contributed by atoms with Crippen molar-refractivity contribution >= 4 is 12.0 Å². The molecule has 2 amide bonds. The van der Waals surface area contributed by atoms with E-state index in [2.05, 4.69) is 0 Å². The van der Waals surface area contributed by atoms with Crippen LogP contribution in [0, 0.1) is 0 Å². The summed E-state index contributed by atoms with van der Waals surface area (Å²) >= 11 is 0. The molecule has 18 heavy (non-hydrogen) atoms. The van der Waals surface area contributed by atoms with Crippen LogP contribution in [0.15, 0.2) is 0 Å². The molecule has 102 valence electrons. The van der Waals surface area contributed by atoms with Gasteiger partial charge in [0, 0.05) is 13.1 Å². The fraction of sp³-hybridized carbons (Fsp3) is 0.818. The molecule has 7 nitrogen and oxygen atoms in total. The number of amides is 2. The number of aliphatic carboxylic acids is 1. The molecule has 2 fully saturated rings. The van der Waals surface area contributed by atoms with Gasteiger partial charge in [-0.3, -0.25) is 0 Å². The van der Waals surface area contributed by atoms with Crippen LogP contribution in [0.25, 0.3) is 0 Å². The van der Waals surface area contributed by atoms with E-state index in [0.717, 1.165) is 6.42 Å². The van der Waals surface area contributed by atoms with Crippen LogP contribution in [-0.2, 0) is 9.53 Å². The van der Waals surface area contributed by atoms with E-state index in [0.29, 0.717) is 32.7 Å². The minimum atomic E-state index is -0.951. The van der Waals surface area contributed by atoms with E-state index >= 15 is 0 Å². The van der Waals surface area contributed by atoms with Gasteiger partial charge < -0.3 is 24.7 Å². The fourth-order valence-electron chi connectivity index (χ4n) is 2.44. The Labute approximate surface area is 105 Å². The van der Waals surface area contributed by atoms with E-state index in [9.17, 15) is 9.59 Å². The number of ether oxygens (including phenoxy) is 1. The summed E-state index contributed by atoms with van der Waals surface area (Å²) in [6.45, 7) is 1.49. The highest BCUT2D eigenvalue weighted by Gasteiger charge is 2.37. The summed E-state index contributed by atoms with van der Waals surface area (Å²) in [5.41, 5.74) is 0. The summed E-state index contributed by atoms with van der Waals surface area (Å²) in [6.07, 6.45) is 0.860. The molecule has 2 atom stereocenters. The molecule has 2 heterocycles. The van der Waals surface area contributed by atoms with Crippen molar-refractivity contribution in [3.05, 3.63) is 0 Å². The van der Waals surface area contributed by atoms with Gasteiger partial charge >= 0.3 is 12.0 Å². The van der Waals surface area contributed by atoms with Crippen LogP contribution < -0.4 is 0 Å². The van der Waals surface area contributed by atoms with Crippen molar-refractivity contribution in [3.8, 4) is 0 Å². The van der Waals surface area contributed by atoms with Crippen molar-refractivity contribution in [2.75, 3.05) is 32.8 Å². The molecule has 2 unspecified atom stereocenters. The van der Waals surface area contributed by atoms with Crippen LogP contribution >= 0.6 is 0 Å². The molecular formula is C11H18N2O5. The number of aliphatic hydroxyl groups is 1. The monoisotopic (exact) mass is 258 g/mol. The lowest BCUT2D eigenvalue weighted by atomic mass is 10.2. The largest absolute Gasteiger partial charge is 0.480 e. The normalized spacial score (nSPS) is 28.5. The molecule has 2 saturated heterocycles. The summed E-state index contributed by atoms with van der Waals surface area (Å²) in [5, 5.41) is 18.1. The lowest BCUT2D eigenvalue weighted by Crippen LogP contribution is -2.54. The molecule has 0 saturated carbocycles. The van der Waals surface area contributed by atoms with Crippen molar-refractivity contribution in [2.24, 2.45) is 0 Å². The highest BCUT2D eigenvalue weighted by Crippen LogP contribution is 2.20. The molecule has 2 rings (SSSR count). The minimum Gasteiger partial charge on any atom is -0.480 e. The average Bonchev–Trinajstić information content (AvgIpc) is 2.87. The van der Waals surface area contributed by atoms with Gasteiger partial charge in [0.1, 0.15) is 6.04 Å². The van der Waals surface area contributed by atoms with Gasteiger partial charge in [-0.2, -0.15) is 0 Å². The Kier molecular flexibility index (Phi) is 4.03. The molecular weight excluding hydrogens is 240 g/mol. The van der Waals surface area contributed by atoms with Crippen molar-refractivity contribution in [1.82, 2.24) is 9.80 Å². The van der Waals surface area contributed by atoms with Crippen LogP contribution in [-0.4, -0.2) is 77.0 Å². The number of morpholine rings is 1. The van der Waals surface area contributed by atoms with E-state index in [1.54, 1.807) is 4.90 Å². The van der Waals surface area contributed by atoms with Gasteiger partial charge in [-0.1, -0.05) is 0 Å². The zero-order valence-electron chi connectivity index (χ0n) is 10.1. The third-order valence-corrected chi connectivity index (χ3v) is 3.40. The van der Waals surface area contributed by atoms with Gasteiger partial charge in [0.25, 0.3) is 0 Å². The number of carbonyl (C=O) groups is 2. The highest BCUT2D eigenvalue weighted by atomic mass is 16.5. The number of urea groups is 1. The Morgan fingerprint density at radius 3 is 2.78 bits per heavy atom. The lowest BCUT2D eigenvalue weighted by molar-refractivity contribution is -0.141. The summed E-state index contributed by atoms with van der Waals surface area (Å²) < 4.78 is 5.27. The Bertz CT molecular complexity index is 335. The number of carbonyl (C=O) groups excluding carboxylic acids is 1. The predicted octanol–water partition coefficient (Wildman–Crippen LogP) is -0.651. The number of hydrogen-bond acceptors (Lipinski definition) is 4. The van der Waals surface area contributed by atoms with E-state index in [-0.39, 0.29) is 18.7 Å². The second-order valence-corrected chi connectivity index (χ2v) is 4.59. The van der Waals surface area contributed by atoms with E-state index in [4.69, 9.17) is 14.9 Å². The molecule has 0 aromatic rings. The molecule has 0 radical (unpaired) electrons. The van der Waals surface area contributed by atoms with Gasteiger partial charge in [-0.25, -0.2) is 9.59 Å². The van der Waals surface area contributed by atoms with Crippen molar-refractivity contribution in [2.45, 2.75) is 25.0 Å². The highest BCUT2D eigenvalue weighted by molar-refractivity contribution is 5.83. The van der Waals surface area contributed by atoms with E-state index < -0.39 is 12.0 Å². The summed E-state index contributed by atoms with van der Waals surface area (Å²) in [6, 6.07) is -0.977. The maximum absolute atomic E-state index is 12.2. The third-order valence-electron chi connectivity index (χ3n) is 3.40. The van der Waals surface area contributed by atoms with Gasteiger partial charge in [-0.15, -0.1) is 0 Å². The number of rotatable bonds is 2. The fourth-order valence-corrected chi connectivity index (χ4v) is 2.44. The van der Waals surface area contributed by atoms with Gasteiger partial charge in [0.2, 0.25) is 0 Å². The van der Waals surface area contributed by atoms with Gasteiger partial charge in [-0.05, 0) is 12.8 Å². The first-order valence-corrected chi connectivity index (χ1v) is 6.14. The molecule has 0 aromatic carbocycles. The minimum absolute atomic E-state index is 0.133. The van der Waals surface area contributed by atoms with Crippen molar-refractivity contribution in [1.29, 1.82) is 0 Å². The predicted molar refractivity (Wildman–Crippen MR) is 61.2 cm³/mol. The van der Waals surface area contributed by atoms with Gasteiger partial charge in [0.15, 0.2) is 0 Å². The molecule has 7 heteroatoms. The first-order chi connectivity index (χ1) is 8.63. The number of carboxylic acid groups (broad SMARTS) is 1. The summed E-state index contributed by atoms with van der Waals surface area (Å²) in [7, 11) is 0. The Morgan fingerprint density at radius 1 is 1.33 bits per heavy atom. The van der Waals surface area contributed by atoms with Crippen molar-refractivity contribution < 1.29 is 24.5 Å². The van der Waals surface area contributed by atoms with Crippen LogP contribution in [0.3, 0.4) is 0 Å². The average molecular weight is 258 g/mol. The third kappa shape index (κ3) is 2.56. The molecule has 2 aliphatic heterocycles. The topological polar surface area (TPSA) is 90.3 Å². The summed E-state index contributed by atoms with van der Waals surface area (Å²) in [4.78, 5) is 26.2. The molecule has 0 aliphatic carbocycles. The van der Waals surface area contributed by atoms with E-state index in [1.807, 2.05) is 0 Å². The quantitative estimate of drug-likeness (QED) is 0.687. The maximum atomic E-state index is 12.2. The van der Waals surface area contributed by atoms with Gasteiger partial charge in [0.05, 0.1) is 25.9 Å². The van der Waals surface area contributed by atoms with E-state index in [1.165, 1.54) is 4.90 Å². The van der Waals surface area contributed by atoms with Crippen LogP contribution in [0.2, 0.25) is 0 Å². The number of aliphatic hydroxyl groups excluding tert-OH is 1. The first-order valence-electron chi connectivity index (χ1n) is 6.14. The van der Waals surface area contributed by atoms with Crippen LogP contribution in [0.4, 0.5) is 4.79 Å². The Balaban J connectivity index is 1.99. The molecule has 0 spiro atoms. The smallest absolute Gasteiger partial charge is 0.326 e. The number of nitrogens with zero attached hydrogens (tertiary/aromatic N) is 2. The summed E-state index contributed by atoms with van der Waals surface area (Å²) in [5.74, 6) is -0.951. The Hall–Kier alpha value is -1.34. The molecule has 0 bridgehead atoms. The van der Waals surface area contributed by atoms with Crippen molar-refractivity contribution in [3.63, 3.8) is 0 Å². The molecule has 2 aliphatic rings. The zero-order valence-corrected chi connectivity index (χ0v) is 10.1.